The van der Waals surface area contributed by atoms with Gasteiger partial charge in [-0.2, -0.15) is 0 Å². The maximum Gasteiger partial charge on any atom is 0.0912 e. The third kappa shape index (κ3) is 1.34. The van der Waals surface area contributed by atoms with Crippen molar-refractivity contribution in [1.82, 2.24) is 5.32 Å². The summed E-state index contributed by atoms with van der Waals surface area (Å²) in [6.07, 6.45) is 5.86. The van der Waals surface area contributed by atoms with Crippen LogP contribution >= 0.6 is 12.4 Å². The number of nitrogens with one attached hydrogen (secondary N) is 1. The number of morpholine rings is 1. The molecule has 0 aromatic carbocycles. The maximum absolute atomic E-state index is 5.45. The van der Waals surface area contributed by atoms with Gasteiger partial charge < -0.3 is 10.1 Å². The molecule has 2 rings (SSSR count). The Morgan fingerprint density at radius 1 is 1.50 bits per heavy atom. The van der Waals surface area contributed by atoms with Crippen LogP contribution in [0.1, 0.15) is 6.42 Å². The molecule has 1 aliphatic heterocycles. The number of hydrogen-bond donors (Lipinski definition) is 1. The van der Waals surface area contributed by atoms with Crippen LogP contribution in [0.2, 0.25) is 0 Å². The van der Waals surface area contributed by atoms with Crippen molar-refractivity contribution >= 4 is 12.4 Å². The molecule has 1 aliphatic carbocycles. The van der Waals surface area contributed by atoms with E-state index in [1.165, 1.54) is 0 Å². The van der Waals surface area contributed by atoms with Crippen molar-refractivity contribution in [2.24, 2.45) is 0 Å². The summed E-state index contributed by atoms with van der Waals surface area (Å²) in [5.74, 6) is 0. The molecule has 58 valence electrons. The maximum atomic E-state index is 5.45. The summed E-state index contributed by atoms with van der Waals surface area (Å²) < 4.78 is 5.45. The second-order valence-electron chi connectivity index (χ2n) is 2.56. The van der Waals surface area contributed by atoms with E-state index in [1.54, 1.807) is 0 Å². The summed E-state index contributed by atoms with van der Waals surface area (Å²) in [5.41, 5.74) is 0. The molecule has 0 amide bonds. The Hall–Kier alpha value is -0.0500. The number of rotatable bonds is 0. The van der Waals surface area contributed by atoms with Crippen molar-refractivity contribution in [2.75, 3.05) is 13.2 Å². The van der Waals surface area contributed by atoms with Crippen molar-refractivity contribution < 1.29 is 4.74 Å². The van der Waals surface area contributed by atoms with Crippen molar-refractivity contribution in [3.63, 3.8) is 0 Å². The van der Waals surface area contributed by atoms with Gasteiger partial charge >= 0.3 is 0 Å². The molecule has 2 aliphatic rings. The van der Waals surface area contributed by atoms with Gasteiger partial charge in [-0.25, -0.2) is 0 Å². The Bertz CT molecular complexity index is 138. The number of halogens is 1. The first kappa shape index (κ1) is 8.05. The van der Waals surface area contributed by atoms with Gasteiger partial charge in [0.15, 0.2) is 0 Å². The predicted octanol–water partition coefficient (Wildman–Crippen LogP) is 0.725. The zero-order valence-electron chi connectivity index (χ0n) is 5.75. The summed E-state index contributed by atoms with van der Waals surface area (Å²) in [4.78, 5) is 0. The zero-order chi connectivity index (χ0) is 6.10. The van der Waals surface area contributed by atoms with Crippen molar-refractivity contribution in [1.29, 1.82) is 0 Å². The third-order valence-electron chi connectivity index (χ3n) is 1.93. The van der Waals surface area contributed by atoms with Crippen molar-refractivity contribution in [3.05, 3.63) is 12.2 Å². The SMILES string of the molecule is C1=CC2OCCNC2C1.Cl. The molecule has 2 atom stereocenters. The highest BCUT2D eigenvalue weighted by Crippen LogP contribution is 2.16. The van der Waals surface area contributed by atoms with E-state index < -0.39 is 0 Å². The lowest BCUT2D eigenvalue weighted by Crippen LogP contribution is -2.44. The molecule has 1 heterocycles. The molecule has 0 aromatic heterocycles. The van der Waals surface area contributed by atoms with Crippen molar-refractivity contribution in [2.45, 2.75) is 18.6 Å². The second-order valence-corrected chi connectivity index (χ2v) is 2.56. The molecule has 0 radical (unpaired) electrons. The van der Waals surface area contributed by atoms with Gasteiger partial charge in [0.25, 0.3) is 0 Å². The van der Waals surface area contributed by atoms with Crippen LogP contribution in [0.15, 0.2) is 12.2 Å². The van der Waals surface area contributed by atoms with E-state index in [0.29, 0.717) is 12.1 Å². The summed E-state index contributed by atoms with van der Waals surface area (Å²) >= 11 is 0. The van der Waals surface area contributed by atoms with Gasteiger partial charge in [0.05, 0.1) is 12.7 Å². The number of hydrogen-bond acceptors (Lipinski definition) is 2. The van der Waals surface area contributed by atoms with Crippen LogP contribution in [0.4, 0.5) is 0 Å². The monoisotopic (exact) mass is 161 g/mol. The molecule has 1 N–H and O–H groups in total. The first-order chi connectivity index (χ1) is 4.47. The Morgan fingerprint density at radius 3 is 3.20 bits per heavy atom. The van der Waals surface area contributed by atoms with Gasteiger partial charge in [-0.05, 0) is 6.42 Å². The van der Waals surface area contributed by atoms with Gasteiger partial charge in [0.2, 0.25) is 0 Å². The fraction of sp³-hybridized carbons (Fsp3) is 0.714. The van der Waals surface area contributed by atoms with E-state index in [0.717, 1.165) is 19.6 Å². The summed E-state index contributed by atoms with van der Waals surface area (Å²) in [7, 11) is 0. The Balaban J connectivity index is 0.000000500. The Morgan fingerprint density at radius 2 is 2.40 bits per heavy atom. The largest absolute Gasteiger partial charge is 0.371 e. The van der Waals surface area contributed by atoms with Crippen LogP contribution in [0.25, 0.3) is 0 Å². The van der Waals surface area contributed by atoms with Crippen LogP contribution in [0.5, 0.6) is 0 Å². The highest BCUT2D eigenvalue weighted by atomic mass is 35.5. The zero-order valence-corrected chi connectivity index (χ0v) is 6.56. The third-order valence-corrected chi connectivity index (χ3v) is 1.93. The molecule has 0 aromatic rings. The molecule has 1 saturated heterocycles. The smallest absolute Gasteiger partial charge is 0.0912 e. The van der Waals surface area contributed by atoms with Crippen LogP contribution < -0.4 is 5.32 Å². The first-order valence-corrected chi connectivity index (χ1v) is 3.48. The fourth-order valence-electron chi connectivity index (χ4n) is 1.44. The van der Waals surface area contributed by atoms with Crippen LogP contribution in [0.3, 0.4) is 0 Å². The van der Waals surface area contributed by atoms with E-state index >= 15 is 0 Å². The van der Waals surface area contributed by atoms with Crippen molar-refractivity contribution in [3.8, 4) is 0 Å². The van der Waals surface area contributed by atoms with Crippen LogP contribution in [-0.4, -0.2) is 25.3 Å². The predicted molar refractivity (Wildman–Crippen MR) is 42.5 cm³/mol. The van der Waals surface area contributed by atoms with Gasteiger partial charge in [-0.15, -0.1) is 12.4 Å². The van der Waals surface area contributed by atoms with E-state index in [9.17, 15) is 0 Å². The highest BCUT2D eigenvalue weighted by Gasteiger charge is 2.25. The first-order valence-electron chi connectivity index (χ1n) is 3.48. The molecular formula is C7H12ClNO. The lowest BCUT2D eigenvalue weighted by molar-refractivity contribution is 0.0337. The quantitative estimate of drug-likeness (QED) is 0.529. The molecule has 3 heteroatoms. The number of fused-ring (bicyclic) bond motifs is 1. The number of ether oxygens (including phenoxy) is 1. The minimum atomic E-state index is 0. The van der Waals surface area contributed by atoms with E-state index in [-0.39, 0.29) is 12.4 Å². The molecule has 0 spiro atoms. The van der Waals surface area contributed by atoms with Gasteiger partial charge in [0, 0.05) is 12.6 Å². The Labute approximate surface area is 67.0 Å². The molecule has 1 fully saturated rings. The van der Waals surface area contributed by atoms with Crippen LogP contribution in [-0.2, 0) is 4.74 Å². The fourth-order valence-corrected chi connectivity index (χ4v) is 1.44. The lowest BCUT2D eigenvalue weighted by Gasteiger charge is -2.26. The summed E-state index contributed by atoms with van der Waals surface area (Å²) in [5, 5.41) is 3.39. The summed E-state index contributed by atoms with van der Waals surface area (Å²) in [6, 6.07) is 0.582. The molecule has 0 saturated carbocycles. The van der Waals surface area contributed by atoms with E-state index in [2.05, 4.69) is 17.5 Å². The Kier molecular flexibility index (Phi) is 2.72. The van der Waals surface area contributed by atoms with Crippen LogP contribution in [0, 0.1) is 0 Å². The lowest BCUT2D eigenvalue weighted by atomic mass is 10.2. The minimum Gasteiger partial charge on any atom is -0.371 e. The van der Waals surface area contributed by atoms with Gasteiger partial charge in [-0.3, -0.25) is 0 Å². The molecular weight excluding hydrogens is 150 g/mol. The average molecular weight is 162 g/mol. The normalized spacial score (nSPS) is 36.8. The van der Waals surface area contributed by atoms with Gasteiger partial charge in [-0.1, -0.05) is 12.2 Å². The molecule has 2 unspecified atom stereocenters. The van der Waals surface area contributed by atoms with E-state index in [4.69, 9.17) is 4.74 Å². The highest BCUT2D eigenvalue weighted by molar-refractivity contribution is 5.85. The second kappa shape index (κ2) is 3.37. The molecule has 10 heavy (non-hydrogen) atoms. The van der Waals surface area contributed by atoms with Gasteiger partial charge in [0.1, 0.15) is 0 Å². The topological polar surface area (TPSA) is 21.3 Å². The minimum absolute atomic E-state index is 0. The molecule has 2 nitrogen and oxygen atoms in total. The standard InChI is InChI=1S/C7H11NO.ClH/c1-2-6-7(3-1)9-5-4-8-6;/h1,3,6-8H,2,4-5H2;1H. The summed E-state index contributed by atoms with van der Waals surface area (Å²) in [6.45, 7) is 1.88. The van der Waals surface area contributed by atoms with E-state index in [1.807, 2.05) is 0 Å². The average Bonchev–Trinajstić information content (AvgIpc) is 2.33. The molecule has 0 bridgehead atoms.